The zero-order chi connectivity index (χ0) is 14.8. The van der Waals surface area contributed by atoms with Crippen molar-refractivity contribution < 1.29 is 0 Å². The monoisotopic (exact) mass is 294 g/mol. The van der Waals surface area contributed by atoms with E-state index in [1.165, 1.54) is 38.5 Å². The molecule has 4 nitrogen and oxygen atoms in total. The van der Waals surface area contributed by atoms with Crippen molar-refractivity contribution in [1.29, 1.82) is 0 Å². The standard InChI is InChI=1S/C18H22N4/c1-2-6-13(7-3-1)16-12-17(19-14-8-4-5-9-14)22-18(21-16)20-15-10-11-15/h1-3,6-7,12,14-15H,4-5,8-11H2,(H2,19,20,21,22). The van der Waals surface area contributed by atoms with Crippen LogP contribution in [-0.4, -0.2) is 22.1 Å². The minimum Gasteiger partial charge on any atom is -0.367 e. The second kappa shape index (κ2) is 5.95. The number of nitrogens with zero attached hydrogens (tertiary/aromatic N) is 2. The van der Waals surface area contributed by atoms with E-state index >= 15 is 0 Å². The highest BCUT2D eigenvalue weighted by atomic mass is 15.2. The summed E-state index contributed by atoms with van der Waals surface area (Å²) in [6, 6.07) is 13.5. The molecule has 2 N–H and O–H groups in total. The molecule has 22 heavy (non-hydrogen) atoms. The Bertz CT molecular complexity index is 631. The van der Waals surface area contributed by atoms with Crippen LogP contribution in [0.3, 0.4) is 0 Å². The lowest BCUT2D eigenvalue weighted by molar-refractivity contribution is 0.750. The molecule has 2 fully saturated rings. The van der Waals surface area contributed by atoms with Crippen LogP contribution in [-0.2, 0) is 0 Å². The molecule has 0 unspecified atom stereocenters. The van der Waals surface area contributed by atoms with Crippen LogP contribution in [0, 0.1) is 0 Å². The molecule has 0 amide bonds. The largest absolute Gasteiger partial charge is 0.367 e. The molecule has 2 saturated carbocycles. The van der Waals surface area contributed by atoms with E-state index in [0.717, 1.165) is 23.0 Å². The van der Waals surface area contributed by atoms with Crippen LogP contribution in [0.5, 0.6) is 0 Å². The van der Waals surface area contributed by atoms with Gasteiger partial charge in [-0.05, 0) is 25.7 Å². The maximum atomic E-state index is 4.70. The summed E-state index contributed by atoms with van der Waals surface area (Å²) >= 11 is 0. The van der Waals surface area contributed by atoms with Crippen molar-refractivity contribution in [1.82, 2.24) is 9.97 Å². The Kier molecular flexibility index (Phi) is 3.67. The van der Waals surface area contributed by atoms with E-state index < -0.39 is 0 Å². The fraction of sp³-hybridized carbons (Fsp3) is 0.444. The summed E-state index contributed by atoms with van der Waals surface area (Å²) < 4.78 is 0. The Morgan fingerprint density at radius 3 is 2.27 bits per heavy atom. The van der Waals surface area contributed by atoms with Crippen LogP contribution in [0.15, 0.2) is 36.4 Å². The van der Waals surface area contributed by atoms with Gasteiger partial charge in [0.1, 0.15) is 5.82 Å². The maximum absolute atomic E-state index is 4.70. The van der Waals surface area contributed by atoms with E-state index in [1.54, 1.807) is 0 Å². The van der Waals surface area contributed by atoms with Crippen molar-refractivity contribution in [3.63, 3.8) is 0 Å². The van der Waals surface area contributed by atoms with Gasteiger partial charge in [0.25, 0.3) is 0 Å². The predicted octanol–water partition coefficient (Wildman–Crippen LogP) is 4.07. The zero-order valence-electron chi connectivity index (χ0n) is 12.8. The Balaban J connectivity index is 1.63. The molecule has 4 rings (SSSR count). The van der Waals surface area contributed by atoms with Gasteiger partial charge in [-0.15, -0.1) is 0 Å². The number of nitrogens with one attached hydrogen (secondary N) is 2. The van der Waals surface area contributed by atoms with E-state index in [9.17, 15) is 0 Å². The van der Waals surface area contributed by atoms with Crippen molar-refractivity contribution in [2.24, 2.45) is 0 Å². The molecule has 1 heterocycles. The number of benzene rings is 1. The summed E-state index contributed by atoms with van der Waals surface area (Å²) in [6.45, 7) is 0. The van der Waals surface area contributed by atoms with Crippen molar-refractivity contribution >= 4 is 11.8 Å². The number of aromatic nitrogens is 2. The van der Waals surface area contributed by atoms with Gasteiger partial charge in [-0.2, -0.15) is 4.98 Å². The van der Waals surface area contributed by atoms with Crippen LogP contribution in [0.25, 0.3) is 11.3 Å². The molecule has 0 atom stereocenters. The summed E-state index contributed by atoms with van der Waals surface area (Å²) in [4.78, 5) is 9.37. The van der Waals surface area contributed by atoms with Crippen molar-refractivity contribution in [3.8, 4) is 11.3 Å². The topological polar surface area (TPSA) is 49.8 Å². The zero-order valence-corrected chi connectivity index (χ0v) is 12.8. The quantitative estimate of drug-likeness (QED) is 0.872. The molecule has 2 aliphatic rings. The normalized spacial score (nSPS) is 18.4. The average molecular weight is 294 g/mol. The molecule has 4 heteroatoms. The van der Waals surface area contributed by atoms with Gasteiger partial charge in [0.2, 0.25) is 5.95 Å². The van der Waals surface area contributed by atoms with Gasteiger partial charge >= 0.3 is 0 Å². The Morgan fingerprint density at radius 2 is 1.55 bits per heavy atom. The van der Waals surface area contributed by atoms with Gasteiger partial charge in [-0.25, -0.2) is 4.98 Å². The van der Waals surface area contributed by atoms with Gasteiger partial charge in [-0.3, -0.25) is 0 Å². The third-order valence-electron chi connectivity index (χ3n) is 4.41. The average Bonchev–Trinajstić information content (AvgIpc) is 3.21. The van der Waals surface area contributed by atoms with Crippen LogP contribution in [0.2, 0.25) is 0 Å². The van der Waals surface area contributed by atoms with E-state index in [2.05, 4.69) is 45.9 Å². The molecular formula is C18H22N4. The molecule has 2 aromatic rings. The molecular weight excluding hydrogens is 272 g/mol. The molecule has 0 saturated heterocycles. The fourth-order valence-corrected chi connectivity index (χ4v) is 3.03. The number of hydrogen-bond donors (Lipinski definition) is 2. The van der Waals surface area contributed by atoms with Crippen molar-refractivity contribution in [3.05, 3.63) is 36.4 Å². The minimum atomic E-state index is 0.561. The van der Waals surface area contributed by atoms with Gasteiger partial charge in [0, 0.05) is 23.7 Å². The molecule has 0 radical (unpaired) electrons. The maximum Gasteiger partial charge on any atom is 0.225 e. The Morgan fingerprint density at radius 1 is 0.818 bits per heavy atom. The van der Waals surface area contributed by atoms with Crippen LogP contribution in [0.4, 0.5) is 11.8 Å². The molecule has 0 bridgehead atoms. The van der Waals surface area contributed by atoms with Crippen LogP contribution in [0.1, 0.15) is 38.5 Å². The third-order valence-corrected chi connectivity index (χ3v) is 4.41. The van der Waals surface area contributed by atoms with Crippen molar-refractivity contribution in [2.45, 2.75) is 50.6 Å². The smallest absolute Gasteiger partial charge is 0.225 e. The lowest BCUT2D eigenvalue weighted by Gasteiger charge is -2.15. The van der Waals surface area contributed by atoms with Crippen LogP contribution >= 0.6 is 0 Å². The van der Waals surface area contributed by atoms with Gasteiger partial charge in [0.15, 0.2) is 0 Å². The number of anilines is 2. The minimum absolute atomic E-state index is 0.561. The second-order valence-corrected chi connectivity index (χ2v) is 6.37. The van der Waals surface area contributed by atoms with E-state index in [-0.39, 0.29) is 0 Å². The van der Waals surface area contributed by atoms with E-state index in [0.29, 0.717) is 12.1 Å². The van der Waals surface area contributed by atoms with Crippen LogP contribution < -0.4 is 10.6 Å². The van der Waals surface area contributed by atoms with Gasteiger partial charge < -0.3 is 10.6 Å². The summed E-state index contributed by atoms with van der Waals surface area (Å²) in [5, 5.41) is 7.02. The summed E-state index contributed by atoms with van der Waals surface area (Å²) in [6.07, 6.45) is 7.59. The molecule has 0 aliphatic heterocycles. The van der Waals surface area contributed by atoms with E-state index in [1.807, 2.05) is 6.07 Å². The number of hydrogen-bond acceptors (Lipinski definition) is 4. The summed E-state index contributed by atoms with van der Waals surface area (Å²) in [5.74, 6) is 1.70. The first-order valence-corrected chi connectivity index (χ1v) is 8.34. The fourth-order valence-electron chi connectivity index (χ4n) is 3.03. The first kappa shape index (κ1) is 13.6. The molecule has 114 valence electrons. The van der Waals surface area contributed by atoms with Gasteiger partial charge in [-0.1, -0.05) is 43.2 Å². The lowest BCUT2D eigenvalue weighted by atomic mass is 10.1. The Hall–Kier alpha value is -2.10. The summed E-state index contributed by atoms with van der Waals surface area (Å²) in [5.41, 5.74) is 2.12. The molecule has 1 aromatic carbocycles. The summed E-state index contributed by atoms with van der Waals surface area (Å²) in [7, 11) is 0. The van der Waals surface area contributed by atoms with Gasteiger partial charge in [0.05, 0.1) is 5.69 Å². The van der Waals surface area contributed by atoms with Crippen molar-refractivity contribution in [2.75, 3.05) is 10.6 Å². The highest BCUT2D eigenvalue weighted by Crippen LogP contribution is 2.28. The highest BCUT2D eigenvalue weighted by Gasteiger charge is 2.23. The SMILES string of the molecule is c1ccc(-c2cc(NC3CCCC3)nc(NC3CC3)n2)cc1. The second-order valence-electron chi connectivity index (χ2n) is 6.37. The Labute approximate surface area is 131 Å². The first-order chi connectivity index (χ1) is 10.9. The van der Waals surface area contributed by atoms with E-state index in [4.69, 9.17) is 4.98 Å². The molecule has 1 aromatic heterocycles. The highest BCUT2D eigenvalue weighted by molar-refractivity contribution is 5.64. The lowest BCUT2D eigenvalue weighted by Crippen LogP contribution is -2.17. The molecule has 2 aliphatic carbocycles. The predicted molar refractivity (Wildman–Crippen MR) is 90.0 cm³/mol. The molecule has 0 spiro atoms. The third kappa shape index (κ3) is 3.21. The number of rotatable bonds is 5. The first-order valence-electron chi connectivity index (χ1n) is 8.34.